The second-order valence-corrected chi connectivity index (χ2v) is 6.81. The highest BCUT2D eigenvalue weighted by molar-refractivity contribution is 5.91. The summed E-state index contributed by atoms with van der Waals surface area (Å²) in [6, 6.07) is 14.7. The number of hydrogen-bond acceptors (Lipinski definition) is 1. The molecular weight excluding hydrogens is 296 g/mol. The molecule has 1 heterocycles. The molecule has 1 aliphatic heterocycles. The van der Waals surface area contributed by atoms with Gasteiger partial charge in [0.2, 0.25) is 0 Å². The van der Waals surface area contributed by atoms with Gasteiger partial charge in [0.15, 0.2) is 0 Å². The van der Waals surface area contributed by atoms with Gasteiger partial charge in [-0.2, -0.15) is 0 Å². The monoisotopic (exact) mass is 322 g/mol. The van der Waals surface area contributed by atoms with Crippen LogP contribution in [0.25, 0.3) is 0 Å². The van der Waals surface area contributed by atoms with Crippen molar-refractivity contribution in [1.82, 2.24) is 4.90 Å². The van der Waals surface area contributed by atoms with Crippen molar-refractivity contribution >= 4 is 11.7 Å². The minimum Gasteiger partial charge on any atom is -0.324 e. The zero-order chi connectivity index (χ0) is 17.1. The molecule has 0 unspecified atom stereocenters. The van der Waals surface area contributed by atoms with Crippen LogP contribution in [0.3, 0.4) is 0 Å². The predicted octanol–water partition coefficient (Wildman–Crippen LogP) is 5.02. The molecule has 3 nitrogen and oxygen atoms in total. The molecule has 0 atom stereocenters. The first-order chi connectivity index (χ1) is 11.6. The lowest BCUT2D eigenvalue weighted by Gasteiger charge is -2.33. The van der Waals surface area contributed by atoms with Crippen LogP contribution >= 0.6 is 0 Å². The third-order valence-electron chi connectivity index (χ3n) is 5.12. The Morgan fingerprint density at radius 3 is 2.12 bits per heavy atom. The van der Waals surface area contributed by atoms with Crippen LogP contribution in [0.15, 0.2) is 42.5 Å². The zero-order valence-corrected chi connectivity index (χ0v) is 14.8. The summed E-state index contributed by atoms with van der Waals surface area (Å²) in [7, 11) is 0. The maximum absolute atomic E-state index is 12.6. The lowest BCUT2D eigenvalue weighted by molar-refractivity contribution is 0.194. The Labute approximate surface area is 144 Å². The van der Waals surface area contributed by atoms with Gasteiger partial charge in [0.05, 0.1) is 0 Å². The Kier molecular flexibility index (Phi) is 4.89. The average molecular weight is 322 g/mol. The summed E-state index contributed by atoms with van der Waals surface area (Å²) >= 11 is 0. The van der Waals surface area contributed by atoms with Crippen LogP contribution in [0.1, 0.15) is 41.0 Å². The quantitative estimate of drug-likeness (QED) is 0.827. The molecule has 0 spiro atoms. The number of likely N-dealkylation sites (tertiary alicyclic amines) is 1. The molecule has 1 aliphatic rings. The third-order valence-corrected chi connectivity index (χ3v) is 5.12. The highest BCUT2D eigenvalue weighted by Gasteiger charge is 2.25. The Bertz CT molecular complexity index is 710. The minimum atomic E-state index is 0.0237. The van der Waals surface area contributed by atoms with Gasteiger partial charge >= 0.3 is 6.03 Å². The SMILES string of the molecule is Cc1ccccc1C1CCN(C(=O)Nc2c(C)cccc2C)CC1. The number of benzene rings is 2. The first-order valence-corrected chi connectivity index (χ1v) is 8.74. The van der Waals surface area contributed by atoms with Gasteiger partial charge in [-0.1, -0.05) is 42.5 Å². The maximum Gasteiger partial charge on any atom is 0.321 e. The topological polar surface area (TPSA) is 32.3 Å². The van der Waals surface area contributed by atoms with E-state index < -0.39 is 0 Å². The van der Waals surface area contributed by atoms with E-state index >= 15 is 0 Å². The summed E-state index contributed by atoms with van der Waals surface area (Å²) in [5.41, 5.74) is 5.96. The zero-order valence-electron chi connectivity index (χ0n) is 14.8. The van der Waals surface area contributed by atoms with Crippen LogP contribution in [0.4, 0.5) is 10.5 Å². The van der Waals surface area contributed by atoms with Gasteiger partial charge < -0.3 is 10.2 Å². The van der Waals surface area contributed by atoms with Gasteiger partial charge in [-0.05, 0) is 61.8 Å². The predicted molar refractivity (Wildman–Crippen MR) is 99.7 cm³/mol. The van der Waals surface area contributed by atoms with Crippen LogP contribution in [0.2, 0.25) is 0 Å². The first-order valence-electron chi connectivity index (χ1n) is 8.74. The number of nitrogens with one attached hydrogen (secondary N) is 1. The van der Waals surface area contributed by atoms with E-state index in [1.165, 1.54) is 11.1 Å². The van der Waals surface area contributed by atoms with Crippen molar-refractivity contribution in [3.8, 4) is 0 Å². The second kappa shape index (κ2) is 7.08. The number of carbonyl (C=O) groups is 1. The molecule has 3 heteroatoms. The smallest absolute Gasteiger partial charge is 0.321 e. The van der Waals surface area contributed by atoms with E-state index in [4.69, 9.17) is 0 Å². The van der Waals surface area contributed by atoms with Crippen molar-refractivity contribution in [3.05, 3.63) is 64.7 Å². The number of para-hydroxylation sites is 1. The highest BCUT2D eigenvalue weighted by atomic mass is 16.2. The number of nitrogens with zero attached hydrogens (tertiary/aromatic N) is 1. The number of piperidine rings is 1. The molecule has 0 aliphatic carbocycles. The molecular formula is C21H26N2O. The van der Waals surface area contributed by atoms with Gasteiger partial charge in [-0.15, -0.1) is 0 Å². The number of carbonyl (C=O) groups excluding carboxylic acids is 1. The van der Waals surface area contributed by atoms with Crippen molar-refractivity contribution in [3.63, 3.8) is 0 Å². The summed E-state index contributed by atoms with van der Waals surface area (Å²) in [5, 5.41) is 3.10. The number of amides is 2. The summed E-state index contributed by atoms with van der Waals surface area (Å²) < 4.78 is 0. The molecule has 2 aromatic rings. The van der Waals surface area contributed by atoms with Crippen LogP contribution < -0.4 is 5.32 Å². The van der Waals surface area contributed by atoms with Gasteiger partial charge in [0, 0.05) is 18.8 Å². The molecule has 3 rings (SSSR count). The number of aryl methyl sites for hydroxylation is 3. The molecule has 2 amide bonds. The fraction of sp³-hybridized carbons (Fsp3) is 0.381. The van der Waals surface area contributed by atoms with Crippen molar-refractivity contribution in [2.75, 3.05) is 18.4 Å². The fourth-order valence-corrected chi connectivity index (χ4v) is 3.64. The molecule has 0 saturated carbocycles. The first kappa shape index (κ1) is 16.6. The van der Waals surface area contributed by atoms with Crippen LogP contribution in [-0.2, 0) is 0 Å². The Hall–Kier alpha value is -2.29. The molecule has 2 aromatic carbocycles. The molecule has 1 fully saturated rings. The number of anilines is 1. The number of urea groups is 1. The van der Waals surface area contributed by atoms with Gasteiger partial charge in [0.1, 0.15) is 0 Å². The molecule has 1 N–H and O–H groups in total. The Balaban J connectivity index is 1.62. The van der Waals surface area contributed by atoms with E-state index in [9.17, 15) is 4.79 Å². The van der Waals surface area contributed by atoms with Gasteiger partial charge in [-0.25, -0.2) is 4.79 Å². The summed E-state index contributed by atoms with van der Waals surface area (Å²) in [6.07, 6.45) is 2.07. The molecule has 1 saturated heterocycles. The normalized spacial score (nSPS) is 15.4. The van der Waals surface area contributed by atoms with E-state index in [0.717, 1.165) is 42.7 Å². The van der Waals surface area contributed by atoms with E-state index in [0.29, 0.717) is 5.92 Å². The van der Waals surface area contributed by atoms with Crippen LogP contribution in [0, 0.1) is 20.8 Å². The lowest BCUT2D eigenvalue weighted by Crippen LogP contribution is -2.40. The van der Waals surface area contributed by atoms with E-state index in [1.54, 1.807) is 0 Å². The summed E-state index contributed by atoms with van der Waals surface area (Å²) in [4.78, 5) is 14.5. The van der Waals surface area contributed by atoms with Crippen molar-refractivity contribution < 1.29 is 4.79 Å². The minimum absolute atomic E-state index is 0.0237. The number of hydrogen-bond donors (Lipinski definition) is 1. The van der Waals surface area contributed by atoms with Crippen LogP contribution in [-0.4, -0.2) is 24.0 Å². The van der Waals surface area contributed by atoms with Crippen molar-refractivity contribution in [1.29, 1.82) is 0 Å². The molecule has 126 valence electrons. The van der Waals surface area contributed by atoms with E-state index in [1.807, 2.05) is 36.9 Å². The lowest BCUT2D eigenvalue weighted by atomic mass is 9.87. The average Bonchev–Trinajstić information content (AvgIpc) is 2.59. The Morgan fingerprint density at radius 1 is 0.917 bits per heavy atom. The Morgan fingerprint density at radius 2 is 1.50 bits per heavy atom. The fourth-order valence-electron chi connectivity index (χ4n) is 3.64. The van der Waals surface area contributed by atoms with Crippen LogP contribution in [0.5, 0.6) is 0 Å². The maximum atomic E-state index is 12.6. The van der Waals surface area contributed by atoms with Gasteiger partial charge in [-0.3, -0.25) is 0 Å². The van der Waals surface area contributed by atoms with Crippen molar-refractivity contribution in [2.45, 2.75) is 39.5 Å². The van der Waals surface area contributed by atoms with E-state index in [2.05, 4.69) is 36.5 Å². The molecule has 0 radical (unpaired) electrons. The van der Waals surface area contributed by atoms with Crippen molar-refractivity contribution in [2.24, 2.45) is 0 Å². The molecule has 0 bridgehead atoms. The summed E-state index contributed by atoms with van der Waals surface area (Å²) in [6.45, 7) is 7.88. The standard InChI is InChI=1S/C21H26N2O/c1-15-7-4-5-10-19(15)18-11-13-23(14-12-18)21(24)22-20-16(2)8-6-9-17(20)3/h4-10,18H,11-14H2,1-3H3,(H,22,24). The highest BCUT2D eigenvalue weighted by Crippen LogP contribution is 2.30. The third kappa shape index (κ3) is 3.45. The molecule has 0 aromatic heterocycles. The number of rotatable bonds is 2. The summed E-state index contributed by atoms with van der Waals surface area (Å²) in [5.74, 6) is 0.565. The van der Waals surface area contributed by atoms with E-state index in [-0.39, 0.29) is 6.03 Å². The molecule has 24 heavy (non-hydrogen) atoms. The van der Waals surface area contributed by atoms with Gasteiger partial charge in [0.25, 0.3) is 0 Å². The second-order valence-electron chi connectivity index (χ2n) is 6.81. The largest absolute Gasteiger partial charge is 0.324 e.